The summed E-state index contributed by atoms with van der Waals surface area (Å²) in [5.41, 5.74) is 3.50. The van der Waals surface area contributed by atoms with Gasteiger partial charge in [0.15, 0.2) is 0 Å². The third kappa shape index (κ3) is 5.81. The highest BCUT2D eigenvalue weighted by Gasteiger charge is 2.25. The predicted molar refractivity (Wildman–Crippen MR) is 116 cm³/mol. The van der Waals surface area contributed by atoms with Gasteiger partial charge in [0.2, 0.25) is 15.9 Å². The van der Waals surface area contributed by atoms with Crippen LogP contribution in [0.1, 0.15) is 24.5 Å². The van der Waals surface area contributed by atoms with E-state index in [0.717, 1.165) is 31.2 Å². The first-order valence-corrected chi connectivity index (χ1v) is 11.8. The molecule has 1 amide bonds. The lowest BCUT2D eigenvalue weighted by atomic mass is 10.1. The van der Waals surface area contributed by atoms with Gasteiger partial charge in [0.25, 0.3) is 0 Å². The molecule has 1 N–H and O–H groups in total. The predicted octanol–water partition coefficient (Wildman–Crippen LogP) is 2.41. The molecule has 0 saturated carbocycles. The molecule has 0 aliphatic carbocycles. The Hall–Kier alpha value is -2.38. The summed E-state index contributed by atoms with van der Waals surface area (Å²) in [4.78, 5) is 14.7. The van der Waals surface area contributed by atoms with Crippen molar-refractivity contribution in [3.05, 3.63) is 65.7 Å². The average Bonchev–Trinajstić information content (AvgIpc) is 3.00. The molecule has 6 nitrogen and oxygen atoms in total. The number of carbonyl (C=O) groups is 1. The minimum atomic E-state index is -3.48. The van der Waals surface area contributed by atoms with Crippen LogP contribution < -0.4 is 10.2 Å². The number of sulfonamides is 1. The summed E-state index contributed by atoms with van der Waals surface area (Å²) >= 11 is 0. The number of benzene rings is 2. The van der Waals surface area contributed by atoms with Gasteiger partial charge in [0.1, 0.15) is 0 Å². The summed E-state index contributed by atoms with van der Waals surface area (Å²) in [6.45, 7) is 3.61. The third-order valence-electron chi connectivity index (χ3n) is 5.24. The van der Waals surface area contributed by atoms with E-state index in [-0.39, 0.29) is 19.0 Å². The number of amides is 1. The second kappa shape index (κ2) is 9.41. The van der Waals surface area contributed by atoms with E-state index in [0.29, 0.717) is 12.6 Å². The van der Waals surface area contributed by atoms with Gasteiger partial charge in [-0.25, -0.2) is 8.42 Å². The number of rotatable bonds is 9. The van der Waals surface area contributed by atoms with Gasteiger partial charge in [-0.2, -0.15) is 4.31 Å². The lowest BCUT2D eigenvalue weighted by Crippen LogP contribution is -2.40. The van der Waals surface area contributed by atoms with Crippen molar-refractivity contribution in [2.45, 2.75) is 32.4 Å². The number of nitrogens with one attached hydrogen (secondary N) is 1. The Morgan fingerprint density at radius 1 is 1.14 bits per heavy atom. The van der Waals surface area contributed by atoms with Gasteiger partial charge in [0, 0.05) is 31.4 Å². The van der Waals surface area contributed by atoms with E-state index in [2.05, 4.69) is 41.4 Å². The molecule has 1 atom stereocenters. The summed E-state index contributed by atoms with van der Waals surface area (Å²) in [5, 5.41) is 2.86. The Bertz CT molecular complexity index is 931. The van der Waals surface area contributed by atoms with Crippen LogP contribution in [0.3, 0.4) is 0 Å². The van der Waals surface area contributed by atoms with Gasteiger partial charge < -0.3 is 10.2 Å². The molecule has 0 radical (unpaired) electrons. The number of hydrogen-bond acceptors (Lipinski definition) is 4. The van der Waals surface area contributed by atoms with Crippen molar-refractivity contribution in [3.63, 3.8) is 0 Å². The second-order valence-electron chi connectivity index (χ2n) is 7.60. The van der Waals surface area contributed by atoms with Crippen molar-refractivity contribution >= 4 is 21.6 Å². The van der Waals surface area contributed by atoms with Crippen molar-refractivity contribution < 1.29 is 13.2 Å². The SMILES string of the molecule is C[C@H]1Cc2ccccc2N1CCCNC(=O)CN(Cc1ccccc1)S(C)(=O)=O. The monoisotopic (exact) mass is 415 g/mol. The average molecular weight is 416 g/mol. The molecule has 0 spiro atoms. The van der Waals surface area contributed by atoms with E-state index in [1.807, 2.05) is 30.3 Å². The standard InChI is InChI=1S/C22H29N3O3S/c1-18-15-20-11-6-7-12-21(20)25(18)14-8-13-23-22(26)17-24(29(2,27)28)16-19-9-4-3-5-10-19/h3-7,9-12,18H,8,13-17H2,1-2H3,(H,23,26)/t18-/m0/s1. The summed E-state index contributed by atoms with van der Waals surface area (Å²) in [6.07, 6.45) is 2.99. The molecule has 2 aromatic rings. The lowest BCUT2D eigenvalue weighted by Gasteiger charge is -2.25. The Balaban J connectivity index is 1.47. The van der Waals surface area contributed by atoms with E-state index in [1.54, 1.807) is 0 Å². The molecule has 3 rings (SSSR count). The topological polar surface area (TPSA) is 69.7 Å². The molecule has 0 bridgehead atoms. The Labute approximate surface area is 173 Å². The fourth-order valence-electron chi connectivity index (χ4n) is 3.74. The number of anilines is 1. The fraction of sp³-hybridized carbons (Fsp3) is 0.409. The first-order chi connectivity index (χ1) is 13.8. The van der Waals surface area contributed by atoms with Gasteiger partial charge >= 0.3 is 0 Å². The smallest absolute Gasteiger partial charge is 0.235 e. The number of fused-ring (bicyclic) bond motifs is 1. The summed E-state index contributed by atoms with van der Waals surface area (Å²) in [5.74, 6) is -0.277. The Morgan fingerprint density at radius 3 is 2.55 bits per heavy atom. The first kappa shape index (κ1) is 21.3. The van der Waals surface area contributed by atoms with Gasteiger partial charge in [-0.1, -0.05) is 48.5 Å². The zero-order chi connectivity index (χ0) is 20.9. The number of hydrogen-bond donors (Lipinski definition) is 1. The molecule has 0 aromatic heterocycles. The van der Waals surface area contributed by atoms with Gasteiger partial charge in [-0.3, -0.25) is 4.79 Å². The third-order valence-corrected chi connectivity index (χ3v) is 6.43. The molecular formula is C22H29N3O3S. The molecule has 2 aromatic carbocycles. The van der Waals surface area contributed by atoms with Crippen LogP contribution in [0.4, 0.5) is 5.69 Å². The van der Waals surface area contributed by atoms with Crippen LogP contribution in [0, 0.1) is 0 Å². The van der Waals surface area contributed by atoms with Crippen molar-refractivity contribution in [2.75, 3.05) is 30.8 Å². The highest BCUT2D eigenvalue weighted by atomic mass is 32.2. The van der Waals surface area contributed by atoms with E-state index in [9.17, 15) is 13.2 Å². The number of para-hydroxylation sites is 1. The molecule has 0 saturated heterocycles. The summed E-state index contributed by atoms with van der Waals surface area (Å²) < 4.78 is 25.3. The van der Waals surface area contributed by atoms with E-state index in [1.165, 1.54) is 15.6 Å². The Kier molecular flexibility index (Phi) is 6.92. The van der Waals surface area contributed by atoms with E-state index >= 15 is 0 Å². The van der Waals surface area contributed by atoms with Crippen LogP contribution in [-0.4, -0.2) is 50.6 Å². The van der Waals surface area contributed by atoms with Crippen molar-refractivity contribution in [2.24, 2.45) is 0 Å². The van der Waals surface area contributed by atoms with Crippen molar-refractivity contribution in [1.82, 2.24) is 9.62 Å². The second-order valence-corrected chi connectivity index (χ2v) is 9.58. The molecule has 29 heavy (non-hydrogen) atoms. The van der Waals surface area contributed by atoms with E-state index in [4.69, 9.17) is 0 Å². The first-order valence-electron chi connectivity index (χ1n) is 9.95. The molecule has 156 valence electrons. The van der Waals surface area contributed by atoms with Crippen LogP contribution in [-0.2, 0) is 27.8 Å². The molecule has 1 aliphatic heterocycles. The van der Waals surface area contributed by atoms with Crippen LogP contribution in [0.5, 0.6) is 0 Å². The zero-order valence-electron chi connectivity index (χ0n) is 17.0. The highest BCUT2D eigenvalue weighted by Crippen LogP contribution is 2.31. The minimum Gasteiger partial charge on any atom is -0.368 e. The lowest BCUT2D eigenvalue weighted by molar-refractivity contribution is -0.121. The number of nitrogens with zero attached hydrogens (tertiary/aromatic N) is 2. The van der Waals surface area contributed by atoms with Crippen molar-refractivity contribution in [3.8, 4) is 0 Å². The molecule has 1 aliphatic rings. The van der Waals surface area contributed by atoms with Crippen LogP contribution in [0.25, 0.3) is 0 Å². The van der Waals surface area contributed by atoms with Crippen LogP contribution in [0.2, 0.25) is 0 Å². The minimum absolute atomic E-state index is 0.170. The van der Waals surface area contributed by atoms with E-state index < -0.39 is 10.0 Å². The molecule has 7 heteroatoms. The maximum atomic E-state index is 12.3. The molecular weight excluding hydrogens is 386 g/mol. The Morgan fingerprint density at radius 2 is 1.83 bits per heavy atom. The summed E-state index contributed by atoms with van der Waals surface area (Å²) in [6, 6.07) is 18.2. The summed E-state index contributed by atoms with van der Waals surface area (Å²) in [7, 11) is -3.48. The molecule has 1 heterocycles. The molecule has 0 fully saturated rings. The quantitative estimate of drug-likeness (QED) is 0.639. The maximum Gasteiger partial charge on any atom is 0.235 e. The van der Waals surface area contributed by atoms with Crippen LogP contribution in [0.15, 0.2) is 54.6 Å². The molecule has 0 unspecified atom stereocenters. The van der Waals surface area contributed by atoms with Gasteiger partial charge in [0.05, 0.1) is 12.8 Å². The van der Waals surface area contributed by atoms with Gasteiger partial charge in [-0.15, -0.1) is 0 Å². The fourth-order valence-corrected chi connectivity index (χ4v) is 4.48. The zero-order valence-corrected chi connectivity index (χ0v) is 17.9. The maximum absolute atomic E-state index is 12.3. The normalized spacial score (nSPS) is 16.1. The largest absolute Gasteiger partial charge is 0.368 e. The number of carbonyl (C=O) groups excluding carboxylic acids is 1. The van der Waals surface area contributed by atoms with Crippen LogP contribution >= 0.6 is 0 Å². The van der Waals surface area contributed by atoms with Crippen molar-refractivity contribution in [1.29, 1.82) is 0 Å². The van der Waals surface area contributed by atoms with Gasteiger partial charge in [-0.05, 0) is 37.0 Å². The highest BCUT2D eigenvalue weighted by molar-refractivity contribution is 7.88.